The van der Waals surface area contributed by atoms with Gasteiger partial charge in [-0.2, -0.15) is 5.10 Å². The molecule has 0 spiro atoms. The first-order valence-corrected chi connectivity index (χ1v) is 11.1. The lowest BCUT2D eigenvalue weighted by molar-refractivity contribution is 0.593. The minimum Gasteiger partial charge on any atom is -0.330 e. The van der Waals surface area contributed by atoms with Crippen LogP contribution in [0.4, 0.5) is 4.39 Å². The van der Waals surface area contributed by atoms with Crippen molar-refractivity contribution in [3.05, 3.63) is 46.0 Å². The van der Waals surface area contributed by atoms with E-state index in [4.69, 9.17) is 17.3 Å². The Kier molecular flexibility index (Phi) is 6.99. The Hall–Kier alpha value is -1.39. The van der Waals surface area contributed by atoms with Crippen LogP contribution in [-0.4, -0.2) is 35.8 Å². The molecule has 11 heteroatoms. The number of sulfone groups is 1. The summed E-state index contributed by atoms with van der Waals surface area (Å²) in [4.78, 5) is 4.38. The molecule has 0 fully saturated rings. The summed E-state index contributed by atoms with van der Waals surface area (Å²) in [6, 6.07) is 3.32. The molecule has 0 radical (unpaired) electrons. The molecule has 28 heavy (non-hydrogen) atoms. The van der Waals surface area contributed by atoms with E-state index in [0.29, 0.717) is 23.7 Å². The minimum absolute atomic E-state index is 0. The van der Waals surface area contributed by atoms with Gasteiger partial charge in [-0.05, 0) is 56.8 Å². The average molecular weight is 465 g/mol. The number of nitrogens with two attached hydrogens (primary N) is 1. The highest BCUT2D eigenvalue weighted by atomic mass is 35.5. The number of thioether (sulfide) groups is 1. The molecule has 0 unspecified atom stereocenters. The fourth-order valence-electron chi connectivity index (χ4n) is 2.96. The molecule has 152 valence electrons. The van der Waals surface area contributed by atoms with Crippen molar-refractivity contribution in [1.29, 1.82) is 0 Å². The zero-order valence-corrected chi connectivity index (χ0v) is 18.6. The van der Waals surface area contributed by atoms with E-state index >= 15 is 0 Å². The van der Waals surface area contributed by atoms with Crippen LogP contribution < -0.4 is 5.73 Å². The Bertz CT molecular complexity index is 1150. The molecule has 0 saturated carbocycles. The molecular formula is C17H19Cl2FN4O2S2. The lowest BCUT2D eigenvalue weighted by Gasteiger charge is -2.10. The van der Waals surface area contributed by atoms with Crippen LogP contribution in [0.3, 0.4) is 0 Å². The summed E-state index contributed by atoms with van der Waals surface area (Å²) in [7, 11) is -4.01. The van der Waals surface area contributed by atoms with E-state index in [-0.39, 0.29) is 32.9 Å². The molecule has 0 atom stereocenters. The van der Waals surface area contributed by atoms with Crippen molar-refractivity contribution >= 4 is 51.3 Å². The van der Waals surface area contributed by atoms with Crippen molar-refractivity contribution in [2.45, 2.75) is 35.1 Å². The molecule has 3 aromatic rings. The zero-order chi connectivity index (χ0) is 19.9. The predicted octanol–water partition coefficient (Wildman–Crippen LogP) is 3.62. The van der Waals surface area contributed by atoms with Crippen LogP contribution in [0.2, 0.25) is 5.02 Å². The number of halogens is 3. The minimum atomic E-state index is -4.01. The van der Waals surface area contributed by atoms with Crippen LogP contribution in [0, 0.1) is 19.7 Å². The number of aromatic nitrogens is 3. The Morgan fingerprint density at radius 1 is 1.32 bits per heavy atom. The van der Waals surface area contributed by atoms with Gasteiger partial charge in [0.1, 0.15) is 10.8 Å². The summed E-state index contributed by atoms with van der Waals surface area (Å²) in [6.07, 6.45) is 2.35. The summed E-state index contributed by atoms with van der Waals surface area (Å²) in [6.45, 7) is 4.12. The maximum Gasteiger partial charge on any atom is 0.213 e. The summed E-state index contributed by atoms with van der Waals surface area (Å²) in [5.74, 6) is -0.684. The second-order valence-corrected chi connectivity index (χ2v) is 9.04. The van der Waals surface area contributed by atoms with E-state index in [1.54, 1.807) is 6.26 Å². The molecule has 0 saturated heterocycles. The van der Waals surface area contributed by atoms with Crippen molar-refractivity contribution in [3.8, 4) is 0 Å². The van der Waals surface area contributed by atoms with Gasteiger partial charge in [-0.1, -0.05) is 11.6 Å². The third-order valence-electron chi connectivity index (χ3n) is 4.31. The number of rotatable bonds is 5. The SMILES string of the molecule is CSc1nn2c(C)c(CCN)c(C)nc2c1S(=O)(=O)c1ccc(F)c(Cl)c1.Cl. The lowest BCUT2D eigenvalue weighted by Crippen LogP contribution is -2.11. The average Bonchev–Trinajstić information content (AvgIpc) is 3.00. The van der Waals surface area contributed by atoms with Crippen molar-refractivity contribution < 1.29 is 12.8 Å². The molecule has 6 nitrogen and oxygen atoms in total. The van der Waals surface area contributed by atoms with Crippen LogP contribution in [-0.2, 0) is 16.3 Å². The zero-order valence-electron chi connectivity index (χ0n) is 15.4. The quantitative estimate of drug-likeness (QED) is 0.457. The maximum absolute atomic E-state index is 13.5. The second kappa shape index (κ2) is 8.54. The van der Waals surface area contributed by atoms with Crippen LogP contribution in [0.1, 0.15) is 17.0 Å². The largest absolute Gasteiger partial charge is 0.330 e. The van der Waals surface area contributed by atoms with Gasteiger partial charge in [0, 0.05) is 11.4 Å². The molecule has 2 heterocycles. The third kappa shape index (κ3) is 3.73. The second-order valence-electron chi connectivity index (χ2n) is 5.95. The topological polar surface area (TPSA) is 90.3 Å². The standard InChI is InChI=1S/C17H18ClFN4O2S2.ClH/c1-9-12(6-7-20)10(2)23-16(21-9)15(17(22-23)26-3)27(24,25)11-4-5-14(19)13(18)8-11;/h4-5,8H,6-7,20H2,1-3H3;1H. The van der Waals surface area contributed by atoms with E-state index in [2.05, 4.69) is 10.1 Å². The van der Waals surface area contributed by atoms with Gasteiger partial charge >= 0.3 is 0 Å². The molecule has 0 bridgehead atoms. The van der Waals surface area contributed by atoms with E-state index in [0.717, 1.165) is 23.4 Å². The monoisotopic (exact) mass is 464 g/mol. The van der Waals surface area contributed by atoms with Crippen LogP contribution >= 0.6 is 35.8 Å². The lowest BCUT2D eigenvalue weighted by atomic mass is 10.1. The van der Waals surface area contributed by atoms with Gasteiger partial charge in [-0.25, -0.2) is 22.3 Å². The van der Waals surface area contributed by atoms with Crippen molar-refractivity contribution in [2.75, 3.05) is 12.8 Å². The van der Waals surface area contributed by atoms with Crippen LogP contribution in [0.5, 0.6) is 0 Å². The first-order valence-electron chi connectivity index (χ1n) is 8.05. The molecule has 2 N–H and O–H groups in total. The first kappa shape index (κ1) is 22.9. The normalized spacial score (nSPS) is 11.6. The Labute approximate surface area is 178 Å². The van der Waals surface area contributed by atoms with Gasteiger partial charge in [0.05, 0.1) is 9.92 Å². The highest BCUT2D eigenvalue weighted by Crippen LogP contribution is 2.34. The molecule has 0 amide bonds. The number of hydrogen-bond acceptors (Lipinski definition) is 6. The van der Waals surface area contributed by atoms with Crippen molar-refractivity contribution in [3.63, 3.8) is 0 Å². The molecule has 0 aliphatic carbocycles. The van der Waals surface area contributed by atoms with E-state index in [9.17, 15) is 12.8 Å². The van der Waals surface area contributed by atoms with E-state index in [1.165, 1.54) is 22.3 Å². The first-order chi connectivity index (χ1) is 12.7. The smallest absolute Gasteiger partial charge is 0.213 e. The van der Waals surface area contributed by atoms with Gasteiger partial charge in [0.2, 0.25) is 9.84 Å². The highest BCUT2D eigenvalue weighted by Gasteiger charge is 2.30. The molecule has 1 aromatic carbocycles. The number of fused-ring (bicyclic) bond motifs is 1. The number of benzene rings is 1. The van der Waals surface area contributed by atoms with Gasteiger partial charge in [-0.3, -0.25) is 0 Å². The van der Waals surface area contributed by atoms with Crippen LogP contribution in [0.25, 0.3) is 5.65 Å². The summed E-state index contributed by atoms with van der Waals surface area (Å²) in [5.41, 5.74) is 8.33. The van der Waals surface area contributed by atoms with Gasteiger partial charge in [0.15, 0.2) is 10.5 Å². The summed E-state index contributed by atoms with van der Waals surface area (Å²) >= 11 is 6.99. The van der Waals surface area contributed by atoms with Crippen molar-refractivity contribution in [2.24, 2.45) is 5.73 Å². The predicted molar refractivity (Wildman–Crippen MR) is 111 cm³/mol. The Morgan fingerprint density at radius 2 is 2.00 bits per heavy atom. The van der Waals surface area contributed by atoms with Crippen molar-refractivity contribution in [1.82, 2.24) is 14.6 Å². The number of aryl methyl sites for hydroxylation is 2. The highest BCUT2D eigenvalue weighted by molar-refractivity contribution is 7.99. The Balaban J connectivity index is 0.00000280. The maximum atomic E-state index is 13.5. The molecule has 0 aliphatic heterocycles. The fraction of sp³-hybridized carbons (Fsp3) is 0.294. The van der Waals surface area contributed by atoms with Gasteiger partial charge < -0.3 is 5.73 Å². The van der Waals surface area contributed by atoms with Gasteiger partial charge in [-0.15, -0.1) is 24.2 Å². The third-order valence-corrected chi connectivity index (χ3v) is 7.19. The van der Waals surface area contributed by atoms with E-state index < -0.39 is 15.7 Å². The summed E-state index contributed by atoms with van der Waals surface area (Å²) in [5, 5.41) is 4.49. The molecule has 2 aromatic heterocycles. The molecule has 0 aliphatic rings. The number of nitrogens with zero attached hydrogens (tertiary/aromatic N) is 3. The Morgan fingerprint density at radius 3 is 2.57 bits per heavy atom. The summed E-state index contributed by atoms with van der Waals surface area (Å²) < 4.78 is 41.6. The molecular weight excluding hydrogens is 446 g/mol. The van der Waals surface area contributed by atoms with E-state index in [1.807, 2.05) is 13.8 Å². The van der Waals surface area contributed by atoms with Crippen LogP contribution in [0.15, 0.2) is 33.0 Å². The fourth-order valence-corrected chi connectivity index (χ4v) is 5.62. The van der Waals surface area contributed by atoms with Gasteiger partial charge in [0.25, 0.3) is 0 Å². The molecule has 3 rings (SSSR count). The number of hydrogen-bond donors (Lipinski definition) is 1.